The number of pyridine rings is 1. The van der Waals surface area contributed by atoms with Crippen molar-refractivity contribution >= 4 is 28.6 Å². The van der Waals surface area contributed by atoms with Gasteiger partial charge in [-0.3, -0.25) is 4.79 Å². The third kappa shape index (κ3) is 7.47. The van der Waals surface area contributed by atoms with E-state index in [-0.39, 0.29) is 5.78 Å². The molecule has 2 aromatic heterocycles. The molecular formula is C32H44ClN3O. The lowest BCUT2D eigenvalue weighted by Gasteiger charge is -2.15. The Kier molecular flexibility index (Phi) is 10.4. The van der Waals surface area contributed by atoms with Crippen LogP contribution in [-0.2, 0) is 24.1 Å². The minimum Gasteiger partial charge on any atom is -0.402 e. The van der Waals surface area contributed by atoms with Gasteiger partial charge in [0.1, 0.15) is 5.65 Å². The standard InChI is InChI=1S/C25H30ClN3O.C7H14/c1-6-23-22(10-8-18-7-9-20(15(2)3)21(26)13-18)28-24-14-19(11-12-29(23)24)25(16(4)27)17(5)30;1-7-5-3-2-4-6-7/h7,9,11-15H,6,8,10,27H2,1-5H3;7H,2-6H2,1H3/b25-16+;. The summed E-state index contributed by atoms with van der Waals surface area (Å²) in [5.41, 5.74) is 13.3. The molecule has 0 spiro atoms. The first kappa shape index (κ1) is 29.0. The lowest BCUT2D eigenvalue weighted by atomic mass is 9.91. The van der Waals surface area contributed by atoms with E-state index in [4.69, 9.17) is 22.3 Å². The number of benzene rings is 1. The van der Waals surface area contributed by atoms with Crippen molar-refractivity contribution in [2.75, 3.05) is 0 Å². The molecule has 0 atom stereocenters. The Morgan fingerprint density at radius 1 is 1.11 bits per heavy atom. The molecule has 1 fully saturated rings. The zero-order chi connectivity index (χ0) is 27.1. The molecule has 2 heterocycles. The third-order valence-electron chi connectivity index (χ3n) is 7.41. The number of halogens is 1. The zero-order valence-corrected chi connectivity index (χ0v) is 24.3. The van der Waals surface area contributed by atoms with Crippen molar-refractivity contribution in [1.29, 1.82) is 0 Å². The SMILES string of the molecule is CC1CCCCC1.CCc1c(CCc2ccc(C(C)C)c(Cl)c2)nc2cc(/C(C(C)=O)=C(\C)N)ccn12. The number of hydrogen-bond donors (Lipinski definition) is 1. The summed E-state index contributed by atoms with van der Waals surface area (Å²) < 4.78 is 2.11. The van der Waals surface area contributed by atoms with E-state index in [1.807, 2.05) is 18.3 Å². The molecule has 1 saturated carbocycles. The summed E-state index contributed by atoms with van der Waals surface area (Å²) in [5, 5.41) is 0.832. The summed E-state index contributed by atoms with van der Waals surface area (Å²) in [6.07, 6.45) is 12.0. The van der Waals surface area contributed by atoms with Crippen molar-refractivity contribution in [2.45, 2.75) is 98.8 Å². The van der Waals surface area contributed by atoms with Gasteiger partial charge in [-0.15, -0.1) is 0 Å². The quantitative estimate of drug-likeness (QED) is 0.318. The number of ketones is 1. The van der Waals surface area contributed by atoms with Gasteiger partial charge in [0.25, 0.3) is 0 Å². The molecule has 1 aliphatic carbocycles. The maximum atomic E-state index is 12.0. The number of nitrogens with two attached hydrogens (primary N) is 1. The van der Waals surface area contributed by atoms with Gasteiger partial charge in [0, 0.05) is 28.2 Å². The van der Waals surface area contributed by atoms with Crippen LogP contribution in [0.1, 0.15) is 108 Å². The average Bonchev–Trinajstić information content (AvgIpc) is 3.19. The van der Waals surface area contributed by atoms with E-state index in [1.54, 1.807) is 13.8 Å². The van der Waals surface area contributed by atoms with E-state index < -0.39 is 0 Å². The monoisotopic (exact) mass is 521 g/mol. The number of hydrogen-bond acceptors (Lipinski definition) is 3. The molecule has 200 valence electrons. The van der Waals surface area contributed by atoms with Gasteiger partial charge in [-0.25, -0.2) is 4.98 Å². The second-order valence-electron chi connectivity index (χ2n) is 10.9. The molecule has 3 aromatic rings. The predicted octanol–water partition coefficient (Wildman–Crippen LogP) is 8.32. The lowest BCUT2D eigenvalue weighted by Crippen LogP contribution is -2.05. The molecule has 0 amide bonds. The highest BCUT2D eigenvalue weighted by Crippen LogP contribution is 2.27. The number of aromatic nitrogens is 2. The first-order valence-electron chi connectivity index (χ1n) is 13.9. The van der Waals surface area contributed by atoms with Gasteiger partial charge >= 0.3 is 0 Å². The summed E-state index contributed by atoms with van der Waals surface area (Å²) in [6, 6.07) is 10.3. The third-order valence-corrected chi connectivity index (χ3v) is 7.74. The molecule has 0 bridgehead atoms. The van der Waals surface area contributed by atoms with Crippen LogP contribution >= 0.6 is 11.6 Å². The van der Waals surface area contributed by atoms with Gasteiger partial charge in [0.05, 0.1) is 5.69 Å². The normalized spacial score (nSPS) is 14.9. The molecular weight excluding hydrogens is 478 g/mol. The van der Waals surface area contributed by atoms with Gasteiger partial charge in [-0.2, -0.15) is 0 Å². The molecule has 0 aliphatic heterocycles. The van der Waals surface area contributed by atoms with E-state index in [2.05, 4.69) is 50.3 Å². The Hall–Kier alpha value is -2.59. The Morgan fingerprint density at radius 2 is 1.81 bits per heavy atom. The van der Waals surface area contributed by atoms with Crippen LogP contribution in [-0.4, -0.2) is 15.2 Å². The number of Topliss-reactive ketones (excluding diaryl/α,β-unsaturated/α-hetero) is 1. The Balaban J connectivity index is 0.000000468. The van der Waals surface area contributed by atoms with Crippen molar-refractivity contribution in [1.82, 2.24) is 9.38 Å². The van der Waals surface area contributed by atoms with Gasteiger partial charge in [-0.05, 0) is 79.8 Å². The highest BCUT2D eigenvalue weighted by molar-refractivity contribution is 6.31. The largest absolute Gasteiger partial charge is 0.402 e. The van der Waals surface area contributed by atoms with E-state index in [0.29, 0.717) is 17.2 Å². The highest BCUT2D eigenvalue weighted by atomic mass is 35.5. The average molecular weight is 522 g/mol. The first-order chi connectivity index (χ1) is 17.6. The summed E-state index contributed by atoms with van der Waals surface area (Å²) in [7, 11) is 0. The topological polar surface area (TPSA) is 60.4 Å². The van der Waals surface area contributed by atoms with E-state index in [0.717, 1.165) is 47.1 Å². The molecule has 37 heavy (non-hydrogen) atoms. The number of rotatable bonds is 7. The van der Waals surface area contributed by atoms with Crippen molar-refractivity contribution in [3.05, 3.63) is 75.3 Å². The van der Waals surface area contributed by atoms with Crippen LogP contribution in [0, 0.1) is 5.92 Å². The van der Waals surface area contributed by atoms with Crippen LogP contribution < -0.4 is 5.73 Å². The number of imidazole rings is 1. The van der Waals surface area contributed by atoms with Gasteiger partial charge < -0.3 is 10.1 Å². The fourth-order valence-electron chi connectivity index (χ4n) is 5.35. The molecule has 5 heteroatoms. The van der Waals surface area contributed by atoms with Crippen LogP contribution in [0.3, 0.4) is 0 Å². The Labute approximate surface area is 228 Å². The minimum absolute atomic E-state index is 0.0384. The lowest BCUT2D eigenvalue weighted by molar-refractivity contribution is -0.111. The summed E-state index contributed by atoms with van der Waals surface area (Å²) >= 11 is 6.47. The smallest absolute Gasteiger partial charge is 0.162 e. The van der Waals surface area contributed by atoms with E-state index >= 15 is 0 Å². The van der Waals surface area contributed by atoms with Crippen molar-refractivity contribution in [3.63, 3.8) is 0 Å². The molecule has 1 aromatic carbocycles. The summed E-state index contributed by atoms with van der Waals surface area (Å²) in [5.74, 6) is 1.41. The maximum Gasteiger partial charge on any atom is 0.162 e. The highest BCUT2D eigenvalue weighted by Gasteiger charge is 2.15. The van der Waals surface area contributed by atoms with E-state index in [1.165, 1.54) is 48.9 Å². The van der Waals surface area contributed by atoms with Gasteiger partial charge in [0.2, 0.25) is 0 Å². The second-order valence-corrected chi connectivity index (χ2v) is 11.3. The zero-order valence-electron chi connectivity index (χ0n) is 23.5. The number of fused-ring (bicyclic) bond motifs is 1. The Bertz CT molecular complexity index is 1240. The summed E-state index contributed by atoms with van der Waals surface area (Å²) in [4.78, 5) is 16.9. The van der Waals surface area contributed by atoms with Crippen LogP contribution in [0.4, 0.5) is 0 Å². The molecule has 1 aliphatic rings. The number of carbonyl (C=O) groups is 1. The minimum atomic E-state index is -0.0384. The number of nitrogens with zero attached hydrogens (tertiary/aromatic N) is 2. The van der Waals surface area contributed by atoms with Crippen molar-refractivity contribution in [2.24, 2.45) is 11.7 Å². The van der Waals surface area contributed by atoms with Crippen LogP contribution in [0.25, 0.3) is 11.2 Å². The van der Waals surface area contributed by atoms with Crippen LogP contribution in [0.15, 0.2) is 42.2 Å². The summed E-state index contributed by atoms with van der Waals surface area (Å²) in [6.45, 7) is 12.1. The van der Waals surface area contributed by atoms with Crippen LogP contribution in [0.2, 0.25) is 5.02 Å². The second kappa shape index (κ2) is 13.3. The number of aryl methyl sites for hydroxylation is 3. The van der Waals surface area contributed by atoms with Crippen molar-refractivity contribution < 1.29 is 4.79 Å². The fraction of sp³-hybridized carbons (Fsp3) is 0.500. The molecule has 4 nitrogen and oxygen atoms in total. The first-order valence-corrected chi connectivity index (χ1v) is 14.3. The fourth-order valence-corrected chi connectivity index (χ4v) is 5.77. The van der Waals surface area contributed by atoms with Crippen molar-refractivity contribution in [3.8, 4) is 0 Å². The molecule has 4 rings (SSSR count). The molecule has 0 unspecified atom stereocenters. The molecule has 0 saturated heterocycles. The van der Waals surface area contributed by atoms with Gasteiger partial charge in [0.15, 0.2) is 5.78 Å². The maximum absolute atomic E-state index is 12.0. The predicted molar refractivity (Wildman–Crippen MR) is 157 cm³/mol. The number of allylic oxidation sites excluding steroid dienone is 2. The number of carbonyl (C=O) groups excluding carboxylic acids is 1. The van der Waals surface area contributed by atoms with Gasteiger partial charge in [-0.1, -0.05) is 83.5 Å². The molecule has 0 radical (unpaired) electrons. The molecule has 2 N–H and O–H groups in total. The Morgan fingerprint density at radius 3 is 2.32 bits per heavy atom. The van der Waals surface area contributed by atoms with Crippen LogP contribution in [0.5, 0.6) is 0 Å². The van der Waals surface area contributed by atoms with E-state index in [9.17, 15) is 4.79 Å².